The Morgan fingerprint density at radius 1 is 1.42 bits per heavy atom. The molecule has 1 fully saturated rings. The summed E-state index contributed by atoms with van der Waals surface area (Å²) in [5, 5.41) is 11.4. The van der Waals surface area contributed by atoms with Crippen molar-refractivity contribution in [2.24, 2.45) is 5.92 Å². The number of nitrogens with one attached hydrogen (secondary N) is 1. The number of hydrogen-bond donors (Lipinski definition) is 2. The van der Waals surface area contributed by atoms with Crippen LogP contribution in [0.4, 0.5) is 10.5 Å². The van der Waals surface area contributed by atoms with Crippen LogP contribution in [0.2, 0.25) is 0 Å². The first-order valence-electron chi connectivity index (χ1n) is 6.18. The zero-order valence-electron chi connectivity index (χ0n) is 10.5. The molecular formula is C12H16N4O3. The van der Waals surface area contributed by atoms with E-state index >= 15 is 0 Å². The molecule has 102 valence electrons. The highest BCUT2D eigenvalue weighted by atomic mass is 16.4. The van der Waals surface area contributed by atoms with Crippen LogP contribution in [0.1, 0.15) is 19.3 Å². The van der Waals surface area contributed by atoms with Crippen LogP contribution in [-0.4, -0.2) is 45.1 Å². The summed E-state index contributed by atoms with van der Waals surface area (Å²) in [5.41, 5.74) is 0.557. The summed E-state index contributed by atoms with van der Waals surface area (Å²) in [6, 6.07) is -0.187. The van der Waals surface area contributed by atoms with Crippen molar-refractivity contribution in [3.63, 3.8) is 0 Å². The highest BCUT2D eigenvalue weighted by molar-refractivity contribution is 5.89. The largest absolute Gasteiger partial charge is 0.481 e. The minimum Gasteiger partial charge on any atom is -0.481 e. The van der Waals surface area contributed by atoms with Gasteiger partial charge in [0.05, 0.1) is 18.1 Å². The third kappa shape index (κ3) is 3.90. The molecule has 1 unspecified atom stereocenters. The highest BCUT2D eigenvalue weighted by Gasteiger charge is 2.26. The molecular weight excluding hydrogens is 248 g/mol. The number of carbonyl (C=O) groups excluding carboxylic acids is 1. The van der Waals surface area contributed by atoms with Crippen molar-refractivity contribution in [1.29, 1.82) is 0 Å². The molecule has 0 aromatic carbocycles. The molecule has 2 N–H and O–H groups in total. The lowest BCUT2D eigenvalue weighted by Crippen LogP contribution is -2.33. The second-order valence-electron chi connectivity index (χ2n) is 4.59. The maximum absolute atomic E-state index is 11.9. The van der Waals surface area contributed by atoms with E-state index in [1.54, 1.807) is 4.90 Å². The molecule has 1 aliphatic rings. The molecule has 2 rings (SSSR count). The number of urea groups is 1. The Morgan fingerprint density at radius 3 is 2.84 bits per heavy atom. The van der Waals surface area contributed by atoms with Gasteiger partial charge in [0.25, 0.3) is 0 Å². The lowest BCUT2D eigenvalue weighted by molar-refractivity contribution is -0.137. The lowest BCUT2D eigenvalue weighted by atomic mass is 10.0. The van der Waals surface area contributed by atoms with E-state index < -0.39 is 5.97 Å². The number of amides is 2. The Balaban J connectivity index is 1.80. The van der Waals surface area contributed by atoms with E-state index in [0.29, 0.717) is 25.2 Å². The Hall–Kier alpha value is -2.18. The first kappa shape index (κ1) is 13.3. The molecule has 7 nitrogen and oxygen atoms in total. The highest BCUT2D eigenvalue weighted by Crippen LogP contribution is 2.21. The molecule has 1 aromatic rings. The van der Waals surface area contributed by atoms with Gasteiger partial charge in [-0.2, -0.15) is 0 Å². The first-order chi connectivity index (χ1) is 9.15. The number of carbonyl (C=O) groups is 2. The molecule has 1 saturated heterocycles. The molecule has 1 aromatic heterocycles. The van der Waals surface area contributed by atoms with Crippen LogP contribution < -0.4 is 5.32 Å². The maximum Gasteiger partial charge on any atom is 0.321 e. The van der Waals surface area contributed by atoms with Crippen LogP contribution >= 0.6 is 0 Å². The Morgan fingerprint density at radius 2 is 2.16 bits per heavy atom. The third-order valence-corrected chi connectivity index (χ3v) is 3.15. The van der Waals surface area contributed by atoms with Crippen LogP contribution in [0.5, 0.6) is 0 Å². The van der Waals surface area contributed by atoms with E-state index in [9.17, 15) is 9.59 Å². The number of rotatable bonds is 4. The normalized spacial score (nSPS) is 18.3. The average Bonchev–Trinajstić information content (AvgIpc) is 2.86. The van der Waals surface area contributed by atoms with Crippen molar-refractivity contribution in [3.8, 4) is 0 Å². The monoisotopic (exact) mass is 264 g/mol. The van der Waals surface area contributed by atoms with E-state index in [2.05, 4.69) is 15.3 Å². The van der Waals surface area contributed by atoms with Crippen molar-refractivity contribution in [2.75, 3.05) is 18.4 Å². The van der Waals surface area contributed by atoms with E-state index in [4.69, 9.17) is 5.11 Å². The number of aromatic nitrogens is 2. The minimum atomic E-state index is -0.788. The number of carboxylic acid groups (broad SMARTS) is 1. The summed E-state index contributed by atoms with van der Waals surface area (Å²) in [7, 11) is 0. The molecule has 2 heterocycles. The quantitative estimate of drug-likeness (QED) is 0.851. The van der Waals surface area contributed by atoms with Crippen molar-refractivity contribution < 1.29 is 14.7 Å². The predicted octanol–water partition coefficient (Wildman–Crippen LogP) is 1.20. The van der Waals surface area contributed by atoms with Crippen molar-refractivity contribution >= 4 is 17.7 Å². The second kappa shape index (κ2) is 6.12. The van der Waals surface area contributed by atoms with Crippen LogP contribution in [-0.2, 0) is 4.79 Å². The fraction of sp³-hybridized carbons (Fsp3) is 0.500. The topological polar surface area (TPSA) is 95.4 Å². The molecule has 19 heavy (non-hydrogen) atoms. The SMILES string of the molecule is O=C(O)CCC1CCN(C(=O)Nc2cncnc2)C1. The molecule has 2 amide bonds. The summed E-state index contributed by atoms with van der Waals surface area (Å²) in [6.45, 7) is 1.26. The summed E-state index contributed by atoms with van der Waals surface area (Å²) in [5.74, 6) is -0.516. The molecule has 0 aliphatic carbocycles. The Labute approximate surface area is 110 Å². The van der Waals surface area contributed by atoms with Gasteiger partial charge in [0.15, 0.2) is 0 Å². The molecule has 0 spiro atoms. The smallest absolute Gasteiger partial charge is 0.321 e. The van der Waals surface area contributed by atoms with Gasteiger partial charge in [0.1, 0.15) is 6.33 Å². The van der Waals surface area contributed by atoms with Gasteiger partial charge in [-0.25, -0.2) is 14.8 Å². The maximum atomic E-state index is 11.9. The summed E-state index contributed by atoms with van der Waals surface area (Å²) in [6.07, 6.45) is 6.09. The number of hydrogen-bond acceptors (Lipinski definition) is 4. The van der Waals surface area contributed by atoms with Crippen LogP contribution in [0, 0.1) is 5.92 Å². The van der Waals surface area contributed by atoms with Gasteiger partial charge in [0, 0.05) is 19.5 Å². The average molecular weight is 264 g/mol. The van der Waals surface area contributed by atoms with Gasteiger partial charge < -0.3 is 15.3 Å². The zero-order chi connectivity index (χ0) is 13.7. The predicted molar refractivity (Wildman–Crippen MR) is 67.6 cm³/mol. The van der Waals surface area contributed by atoms with Gasteiger partial charge in [-0.1, -0.05) is 0 Å². The molecule has 1 aliphatic heterocycles. The summed E-state index contributed by atoms with van der Waals surface area (Å²) < 4.78 is 0. The zero-order valence-corrected chi connectivity index (χ0v) is 10.5. The lowest BCUT2D eigenvalue weighted by Gasteiger charge is -2.16. The number of carboxylic acids is 1. The number of aliphatic carboxylic acids is 1. The number of nitrogens with zero attached hydrogens (tertiary/aromatic N) is 3. The van der Waals surface area contributed by atoms with Crippen LogP contribution in [0.25, 0.3) is 0 Å². The van der Waals surface area contributed by atoms with E-state index in [1.165, 1.54) is 18.7 Å². The number of likely N-dealkylation sites (tertiary alicyclic amines) is 1. The Bertz CT molecular complexity index is 452. The summed E-state index contributed by atoms with van der Waals surface area (Å²) in [4.78, 5) is 31.8. The molecule has 1 atom stereocenters. The van der Waals surface area contributed by atoms with Gasteiger partial charge in [-0.05, 0) is 18.8 Å². The van der Waals surface area contributed by atoms with E-state index in [0.717, 1.165) is 6.42 Å². The van der Waals surface area contributed by atoms with Gasteiger partial charge in [0.2, 0.25) is 0 Å². The van der Waals surface area contributed by atoms with Crippen molar-refractivity contribution in [1.82, 2.24) is 14.9 Å². The van der Waals surface area contributed by atoms with E-state index in [1.807, 2.05) is 0 Å². The molecule has 7 heteroatoms. The van der Waals surface area contributed by atoms with Crippen molar-refractivity contribution in [3.05, 3.63) is 18.7 Å². The Kier molecular flexibility index (Phi) is 4.27. The fourth-order valence-corrected chi connectivity index (χ4v) is 2.15. The minimum absolute atomic E-state index is 0.159. The standard InChI is InChI=1S/C12H16N4O3/c17-11(18)2-1-9-3-4-16(7-9)12(19)15-10-5-13-8-14-6-10/h5-6,8-9H,1-4,7H2,(H,15,19)(H,17,18). The summed E-state index contributed by atoms with van der Waals surface area (Å²) >= 11 is 0. The van der Waals surface area contributed by atoms with Gasteiger partial charge in [-0.15, -0.1) is 0 Å². The van der Waals surface area contributed by atoms with E-state index in [-0.39, 0.29) is 18.4 Å². The number of anilines is 1. The molecule has 0 bridgehead atoms. The molecule has 0 radical (unpaired) electrons. The van der Waals surface area contributed by atoms with Gasteiger partial charge >= 0.3 is 12.0 Å². The van der Waals surface area contributed by atoms with Crippen LogP contribution in [0.15, 0.2) is 18.7 Å². The van der Waals surface area contributed by atoms with Crippen LogP contribution in [0.3, 0.4) is 0 Å². The fourth-order valence-electron chi connectivity index (χ4n) is 2.15. The van der Waals surface area contributed by atoms with Crippen molar-refractivity contribution in [2.45, 2.75) is 19.3 Å². The van der Waals surface area contributed by atoms with Gasteiger partial charge in [-0.3, -0.25) is 4.79 Å². The molecule has 0 saturated carbocycles. The first-order valence-corrected chi connectivity index (χ1v) is 6.18. The third-order valence-electron chi connectivity index (χ3n) is 3.15. The second-order valence-corrected chi connectivity index (χ2v) is 4.59.